The van der Waals surface area contributed by atoms with Gasteiger partial charge in [0.05, 0.1) is 0 Å². The molecule has 3 nitrogen and oxygen atoms in total. The zero-order valence-corrected chi connectivity index (χ0v) is 11.5. The third kappa shape index (κ3) is 3.94. The molecule has 2 aliphatic rings. The zero-order chi connectivity index (χ0) is 12.1. The van der Waals surface area contributed by atoms with Crippen LogP contribution < -0.4 is 5.32 Å². The second-order valence-corrected chi connectivity index (χ2v) is 5.99. The maximum Gasteiger partial charge on any atom is 0.0469 e. The number of ether oxygens (including phenoxy) is 1. The van der Waals surface area contributed by atoms with Crippen LogP contribution in [-0.4, -0.2) is 49.8 Å². The third-order valence-corrected chi connectivity index (χ3v) is 4.41. The van der Waals surface area contributed by atoms with Crippen LogP contribution in [0.25, 0.3) is 0 Å². The van der Waals surface area contributed by atoms with Crippen LogP contribution in [-0.2, 0) is 4.74 Å². The van der Waals surface area contributed by atoms with Crippen LogP contribution in [0.5, 0.6) is 0 Å². The second kappa shape index (κ2) is 6.17. The standard InChI is InChI=1S/C14H28N2O/c1-3-14(2)12-16(8-4-7-15-14)11-13-5-9-17-10-6-13/h13,15H,3-12H2,1-2H3. The Labute approximate surface area is 106 Å². The molecule has 0 spiro atoms. The molecule has 0 bridgehead atoms. The second-order valence-electron chi connectivity index (χ2n) is 5.99. The van der Waals surface area contributed by atoms with Gasteiger partial charge in [-0.3, -0.25) is 0 Å². The van der Waals surface area contributed by atoms with E-state index < -0.39 is 0 Å². The fourth-order valence-electron chi connectivity index (χ4n) is 3.01. The van der Waals surface area contributed by atoms with Gasteiger partial charge in [0.2, 0.25) is 0 Å². The van der Waals surface area contributed by atoms with Crippen molar-refractivity contribution in [1.82, 2.24) is 10.2 Å². The highest BCUT2D eigenvalue weighted by molar-refractivity contribution is 4.88. The molecule has 17 heavy (non-hydrogen) atoms. The Hall–Kier alpha value is -0.120. The van der Waals surface area contributed by atoms with Gasteiger partial charge in [-0.1, -0.05) is 6.92 Å². The summed E-state index contributed by atoms with van der Waals surface area (Å²) >= 11 is 0. The summed E-state index contributed by atoms with van der Waals surface area (Å²) in [6, 6.07) is 0. The Balaban J connectivity index is 1.85. The Kier molecular flexibility index (Phi) is 4.83. The lowest BCUT2D eigenvalue weighted by Crippen LogP contribution is -2.49. The van der Waals surface area contributed by atoms with Gasteiger partial charge < -0.3 is 15.0 Å². The Morgan fingerprint density at radius 1 is 1.35 bits per heavy atom. The predicted octanol–water partition coefficient (Wildman–Crippen LogP) is 1.88. The van der Waals surface area contributed by atoms with Gasteiger partial charge in [0.25, 0.3) is 0 Å². The minimum atomic E-state index is 0.321. The van der Waals surface area contributed by atoms with Crippen LogP contribution in [0.1, 0.15) is 39.5 Å². The molecule has 2 heterocycles. The first-order valence-corrected chi connectivity index (χ1v) is 7.27. The van der Waals surface area contributed by atoms with Crippen LogP contribution in [0.3, 0.4) is 0 Å². The lowest BCUT2D eigenvalue weighted by atomic mass is 9.96. The summed E-state index contributed by atoms with van der Waals surface area (Å²) in [6.07, 6.45) is 5.02. The van der Waals surface area contributed by atoms with Gasteiger partial charge in [-0.05, 0) is 51.6 Å². The maximum absolute atomic E-state index is 5.44. The molecule has 2 aliphatic heterocycles. The fraction of sp³-hybridized carbons (Fsp3) is 1.00. The van der Waals surface area contributed by atoms with E-state index in [0.717, 1.165) is 19.1 Å². The van der Waals surface area contributed by atoms with Crippen molar-refractivity contribution in [3.63, 3.8) is 0 Å². The van der Waals surface area contributed by atoms with Gasteiger partial charge >= 0.3 is 0 Å². The van der Waals surface area contributed by atoms with E-state index in [-0.39, 0.29) is 0 Å². The summed E-state index contributed by atoms with van der Waals surface area (Å²) in [7, 11) is 0. The van der Waals surface area contributed by atoms with Crippen molar-refractivity contribution >= 4 is 0 Å². The van der Waals surface area contributed by atoms with Crippen molar-refractivity contribution in [3.8, 4) is 0 Å². The number of nitrogens with one attached hydrogen (secondary N) is 1. The van der Waals surface area contributed by atoms with Crippen LogP contribution in [0.2, 0.25) is 0 Å². The summed E-state index contributed by atoms with van der Waals surface area (Å²) in [5.74, 6) is 0.864. The SMILES string of the molecule is CCC1(C)CN(CC2CCOCC2)CCCN1. The molecule has 2 fully saturated rings. The normalized spacial score (nSPS) is 33.5. The number of hydrogen-bond donors (Lipinski definition) is 1. The van der Waals surface area contributed by atoms with E-state index in [9.17, 15) is 0 Å². The third-order valence-electron chi connectivity index (χ3n) is 4.41. The first-order valence-electron chi connectivity index (χ1n) is 7.27. The number of hydrogen-bond acceptors (Lipinski definition) is 3. The lowest BCUT2D eigenvalue weighted by Gasteiger charge is -2.35. The van der Waals surface area contributed by atoms with E-state index in [4.69, 9.17) is 4.74 Å². The fourth-order valence-corrected chi connectivity index (χ4v) is 3.01. The van der Waals surface area contributed by atoms with Gasteiger partial charge in [-0.25, -0.2) is 0 Å². The average molecular weight is 240 g/mol. The van der Waals surface area contributed by atoms with Gasteiger partial charge in [0, 0.05) is 31.8 Å². The molecule has 0 amide bonds. The van der Waals surface area contributed by atoms with Crippen LogP contribution in [0.15, 0.2) is 0 Å². The van der Waals surface area contributed by atoms with Crippen molar-refractivity contribution in [2.75, 3.05) is 39.4 Å². The smallest absolute Gasteiger partial charge is 0.0469 e. The predicted molar refractivity (Wildman–Crippen MR) is 71.3 cm³/mol. The van der Waals surface area contributed by atoms with Gasteiger partial charge in [0.1, 0.15) is 0 Å². The van der Waals surface area contributed by atoms with Gasteiger partial charge in [-0.15, -0.1) is 0 Å². The van der Waals surface area contributed by atoms with Crippen molar-refractivity contribution in [3.05, 3.63) is 0 Å². The van der Waals surface area contributed by atoms with E-state index in [0.29, 0.717) is 5.54 Å². The molecule has 3 heteroatoms. The van der Waals surface area contributed by atoms with Gasteiger partial charge in [-0.2, -0.15) is 0 Å². The summed E-state index contributed by atoms with van der Waals surface area (Å²) in [5.41, 5.74) is 0.321. The highest BCUT2D eigenvalue weighted by Gasteiger charge is 2.28. The molecule has 0 aromatic heterocycles. The molecule has 1 N–H and O–H groups in total. The van der Waals surface area contributed by atoms with Crippen molar-refractivity contribution in [2.24, 2.45) is 5.92 Å². The molecule has 0 radical (unpaired) electrons. The highest BCUT2D eigenvalue weighted by atomic mass is 16.5. The molecule has 100 valence electrons. The molecule has 1 atom stereocenters. The van der Waals surface area contributed by atoms with E-state index in [2.05, 4.69) is 24.1 Å². The minimum Gasteiger partial charge on any atom is -0.381 e. The maximum atomic E-state index is 5.44. The van der Waals surface area contributed by atoms with Crippen molar-refractivity contribution in [2.45, 2.75) is 45.1 Å². The van der Waals surface area contributed by atoms with Crippen LogP contribution >= 0.6 is 0 Å². The first kappa shape index (κ1) is 13.3. The number of rotatable bonds is 3. The first-order chi connectivity index (χ1) is 8.22. The number of nitrogens with zero attached hydrogens (tertiary/aromatic N) is 1. The average Bonchev–Trinajstić information content (AvgIpc) is 2.53. The monoisotopic (exact) mass is 240 g/mol. The molecule has 1 unspecified atom stereocenters. The van der Waals surface area contributed by atoms with Crippen LogP contribution in [0.4, 0.5) is 0 Å². The van der Waals surface area contributed by atoms with E-state index in [1.807, 2.05) is 0 Å². The molecule has 2 saturated heterocycles. The van der Waals surface area contributed by atoms with Crippen LogP contribution in [0, 0.1) is 5.92 Å². The summed E-state index contributed by atoms with van der Waals surface area (Å²) in [4.78, 5) is 2.68. The molecular weight excluding hydrogens is 212 g/mol. The Morgan fingerprint density at radius 2 is 2.12 bits per heavy atom. The highest BCUT2D eigenvalue weighted by Crippen LogP contribution is 2.20. The quantitative estimate of drug-likeness (QED) is 0.815. The molecule has 0 aromatic rings. The van der Waals surface area contributed by atoms with E-state index in [1.54, 1.807) is 0 Å². The molecule has 0 aromatic carbocycles. The topological polar surface area (TPSA) is 24.5 Å². The van der Waals surface area contributed by atoms with Gasteiger partial charge in [0.15, 0.2) is 0 Å². The summed E-state index contributed by atoms with van der Waals surface area (Å²) in [5, 5.41) is 3.71. The molecule has 0 saturated carbocycles. The van der Waals surface area contributed by atoms with Crippen molar-refractivity contribution < 1.29 is 4.74 Å². The Bertz CT molecular complexity index is 228. The van der Waals surface area contributed by atoms with Crippen molar-refractivity contribution in [1.29, 1.82) is 0 Å². The molecule has 2 rings (SSSR count). The Morgan fingerprint density at radius 3 is 2.82 bits per heavy atom. The van der Waals surface area contributed by atoms with E-state index >= 15 is 0 Å². The largest absolute Gasteiger partial charge is 0.381 e. The molecule has 0 aliphatic carbocycles. The minimum absolute atomic E-state index is 0.321. The zero-order valence-electron chi connectivity index (χ0n) is 11.5. The molecular formula is C14H28N2O. The summed E-state index contributed by atoms with van der Waals surface area (Å²) in [6.45, 7) is 11.5. The lowest BCUT2D eigenvalue weighted by molar-refractivity contribution is 0.0501. The summed E-state index contributed by atoms with van der Waals surface area (Å²) < 4.78 is 5.44. The van der Waals surface area contributed by atoms with E-state index in [1.165, 1.54) is 51.9 Å².